The molecule has 1 aromatic rings. The number of nitrogens with two attached hydrogens (primary N) is 2. The number of benzene rings is 1. The lowest BCUT2D eigenvalue weighted by molar-refractivity contribution is -0.712. The van der Waals surface area contributed by atoms with E-state index in [9.17, 15) is 4.79 Å². The Hall–Kier alpha value is -1.75. The number of rotatable bonds is 8. The van der Waals surface area contributed by atoms with Gasteiger partial charge in [0.2, 0.25) is 0 Å². The zero-order chi connectivity index (χ0) is 16.8. The van der Waals surface area contributed by atoms with E-state index in [0.29, 0.717) is 24.1 Å². The number of carbonyl (C=O) groups is 1. The van der Waals surface area contributed by atoms with E-state index >= 15 is 0 Å². The first-order valence-corrected chi connectivity index (χ1v) is 7.74. The first-order chi connectivity index (χ1) is 10.2. The Labute approximate surface area is 133 Å². The highest BCUT2D eigenvalue weighted by Gasteiger charge is 2.22. The van der Waals surface area contributed by atoms with Crippen LogP contribution >= 0.6 is 0 Å². The Balaban J connectivity index is 2.77. The van der Waals surface area contributed by atoms with Gasteiger partial charge in [-0.15, -0.1) is 0 Å². The largest absolute Gasteiger partial charge is 0.490 e. The van der Waals surface area contributed by atoms with Gasteiger partial charge >= 0.3 is 0 Å². The van der Waals surface area contributed by atoms with Gasteiger partial charge in [0.05, 0.1) is 12.6 Å². The molecule has 1 atom stereocenters. The van der Waals surface area contributed by atoms with Crippen molar-refractivity contribution in [3.63, 3.8) is 0 Å². The fourth-order valence-corrected chi connectivity index (χ4v) is 1.88. The molecule has 1 aromatic carbocycles. The van der Waals surface area contributed by atoms with Crippen LogP contribution in [-0.4, -0.2) is 25.2 Å². The fourth-order valence-electron chi connectivity index (χ4n) is 1.88. The molecule has 0 radical (unpaired) electrons. The number of primary amides is 1. The average Bonchev–Trinajstić information content (AvgIpc) is 2.42. The van der Waals surface area contributed by atoms with Gasteiger partial charge in [-0.3, -0.25) is 4.79 Å². The fraction of sp³-hybridized carbons (Fsp3) is 0.588. The Morgan fingerprint density at radius 1 is 1.27 bits per heavy atom. The summed E-state index contributed by atoms with van der Waals surface area (Å²) in [6, 6.07) is 6.30. The third-order valence-corrected chi connectivity index (χ3v) is 3.75. The first-order valence-electron chi connectivity index (χ1n) is 7.74. The van der Waals surface area contributed by atoms with Crippen LogP contribution in [-0.2, 0) is 11.3 Å². The van der Waals surface area contributed by atoms with Crippen LogP contribution in [0.25, 0.3) is 0 Å². The number of hydrogen-bond acceptors (Lipinski definition) is 3. The summed E-state index contributed by atoms with van der Waals surface area (Å²) in [5.41, 5.74) is 6.52. The van der Waals surface area contributed by atoms with Crippen molar-refractivity contribution in [2.75, 3.05) is 13.2 Å². The number of quaternary nitrogens is 1. The molecule has 0 aliphatic carbocycles. The van der Waals surface area contributed by atoms with E-state index < -0.39 is 5.91 Å². The number of carbonyl (C=O) groups excluding carboxylic acids is 1. The van der Waals surface area contributed by atoms with Crippen LogP contribution in [0.5, 0.6) is 11.5 Å². The second-order valence-electron chi connectivity index (χ2n) is 6.56. The summed E-state index contributed by atoms with van der Waals surface area (Å²) in [5, 5.41) is 2.31. The molecule has 1 rings (SSSR count). The van der Waals surface area contributed by atoms with Crippen LogP contribution < -0.4 is 20.5 Å². The van der Waals surface area contributed by atoms with Crippen LogP contribution in [0.3, 0.4) is 0 Å². The van der Waals surface area contributed by atoms with Crippen LogP contribution in [0.1, 0.15) is 40.2 Å². The second-order valence-corrected chi connectivity index (χ2v) is 6.56. The van der Waals surface area contributed by atoms with Gasteiger partial charge in [0.1, 0.15) is 6.54 Å². The molecule has 0 saturated carbocycles. The molecule has 0 bridgehead atoms. The SMILES string of the molecule is CCOc1cc(C[NH2+][C@H](C)C(C)(C)C)ccc1OCC(N)=O. The van der Waals surface area contributed by atoms with E-state index in [1.54, 1.807) is 0 Å². The second kappa shape index (κ2) is 8.03. The summed E-state index contributed by atoms with van der Waals surface area (Å²) in [7, 11) is 0. The third kappa shape index (κ3) is 5.93. The van der Waals surface area contributed by atoms with Gasteiger partial charge in [0, 0.05) is 11.0 Å². The Morgan fingerprint density at radius 2 is 1.95 bits per heavy atom. The maximum atomic E-state index is 10.8. The van der Waals surface area contributed by atoms with Crippen LogP contribution in [0.15, 0.2) is 18.2 Å². The quantitative estimate of drug-likeness (QED) is 0.763. The molecular weight excluding hydrogens is 280 g/mol. The number of hydrogen-bond donors (Lipinski definition) is 2. The Bertz CT molecular complexity index is 495. The van der Waals surface area contributed by atoms with Crippen molar-refractivity contribution in [3.05, 3.63) is 23.8 Å². The summed E-state index contributed by atoms with van der Waals surface area (Å²) in [6.07, 6.45) is 0. The molecule has 0 spiro atoms. The predicted octanol–water partition coefficient (Wildman–Crippen LogP) is 1.45. The highest BCUT2D eigenvalue weighted by atomic mass is 16.5. The average molecular weight is 309 g/mol. The van der Waals surface area contributed by atoms with Gasteiger partial charge in [0.25, 0.3) is 5.91 Å². The predicted molar refractivity (Wildman–Crippen MR) is 86.8 cm³/mol. The molecule has 0 unspecified atom stereocenters. The van der Waals surface area contributed by atoms with Crippen molar-refractivity contribution >= 4 is 5.91 Å². The van der Waals surface area contributed by atoms with Crippen LogP contribution in [0.4, 0.5) is 0 Å². The zero-order valence-corrected chi connectivity index (χ0v) is 14.3. The summed E-state index contributed by atoms with van der Waals surface area (Å²) in [5.74, 6) is 0.699. The minimum Gasteiger partial charge on any atom is -0.490 e. The molecule has 0 fully saturated rings. The monoisotopic (exact) mass is 309 g/mol. The standard InChI is InChI=1S/C17H28N2O3/c1-6-21-15-9-13(10-19-12(2)17(3,4)5)7-8-14(15)22-11-16(18)20/h7-9,12,19H,6,10-11H2,1-5H3,(H2,18,20)/p+1/t12-/m1/s1. The summed E-state index contributed by atoms with van der Waals surface area (Å²) in [6.45, 7) is 12.1. The smallest absolute Gasteiger partial charge is 0.255 e. The lowest BCUT2D eigenvalue weighted by Crippen LogP contribution is -2.90. The third-order valence-electron chi connectivity index (χ3n) is 3.75. The maximum Gasteiger partial charge on any atom is 0.255 e. The van der Waals surface area contributed by atoms with Crippen molar-refractivity contribution in [3.8, 4) is 11.5 Å². The molecule has 4 N–H and O–H groups in total. The molecule has 0 aliphatic heterocycles. The number of amides is 1. The molecule has 0 heterocycles. The molecule has 5 heteroatoms. The molecular formula is C17H29N2O3+. The molecule has 5 nitrogen and oxygen atoms in total. The first kappa shape index (κ1) is 18.3. The molecule has 1 amide bonds. The van der Waals surface area contributed by atoms with Crippen molar-refractivity contribution in [1.29, 1.82) is 0 Å². The van der Waals surface area contributed by atoms with Crippen molar-refractivity contribution < 1.29 is 19.6 Å². The lowest BCUT2D eigenvalue weighted by atomic mass is 9.88. The van der Waals surface area contributed by atoms with Gasteiger partial charge in [-0.1, -0.05) is 20.8 Å². The van der Waals surface area contributed by atoms with E-state index in [1.807, 2.05) is 25.1 Å². The summed E-state index contributed by atoms with van der Waals surface area (Å²) in [4.78, 5) is 10.8. The van der Waals surface area contributed by atoms with Gasteiger partial charge in [-0.25, -0.2) is 0 Å². The van der Waals surface area contributed by atoms with E-state index in [4.69, 9.17) is 15.2 Å². The summed E-state index contributed by atoms with van der Waals surface area (Å²) < 4.78 is 11.0. The van der Waals surface area contributed by atoms with Gasteiger partial charge in [-0.05, 0) is 32.0 Å². The van der Waals surface area contributed by atoms with Gasteiger partial charge in [-0.2, -0.15) is 0 Å². The lowest BCUT2D eigenvalue weighted by Gasteiger charge is -2.25. The van der Waals surface area contributed by atoms with Crippen LogP contribution in [0, 0.1) is 5.41 Å². The topological polar surface area (TPSA) is 78.2 Å². The molecule has 0 aliphatic rings. The minimum atomic E-state index is -0.501. The Kier molecular flexibility index (Phi) is 6.68. The minimum absolute atomic E-state index is 0.146. The molecule has 22 heavy (non-hydrogen) atoms. The number of ether oxygens (including phenoxy) is 2. The Morgan fingerprint density at radius 3 is 2.50 bits per heavy atom. The molecule has 0 aromatic heterocycles. The van der Waals surface area contributed by atoms with E-state index in [-0.39, 0.29) is 12.0 Å². The van der Waals surface area contributed by atoms with Crippen molar-refractivity contribution in [1.82, 2.24) is 0 Å². The summed E-state index contributed by atoms with van der Waals surface area (Å²) >= 11 is 0. The van der Waals surface area contributed by atoms with Crippen molar-refractivity contribution in [2.24, 2.45) is 11.1 Å². The zero-order valence-electron chi connectivity index (χ0n) is 14.3. The normalized spacial score (nSPS) is 12.8. The molecule has 124 valence electrons. The van der Waals surface area contributed by atoms with Crippen molar-refractivity contribution in [2.45, 2.75) is 47.2 Å². The van der Waals surface area contributed by atoms with E-state index in [0.717, 1.165) is 12.1 Å². The highest BCUT2D eigenvalue weighted by Crippen LogP contribution is 2.28. The van der Waals surface area contributed by atoms with Crippen LogP contribution in [0.2, 0.25) is 0 Å². The van der Waals surface area contributed by atoms with E-state index in [2.05, 4.69) is 33.0 Å². The highest BCUT2D eigenvalue weighted by molar-refractivity contribution is 5.75. The maximum absolute atomic E-state index is 10.8. The molecule has 0 saturated heterocycles. The van der Waals surface area contributed by atoms with E-state index in [1.165, 1.54) is 0 Å². The van der Waals surface area contributed by atoms with Gasteiger partial charge < -0.3 is 20.5 Å². The van der Waals surface area contributed by atoms with Gasteiger partial charge in [0.15, 0.2) is 18.1 Å².